The lowest BCUT2D eigenvalue weighted by atomic mass is 10.0. The van der Waals surface area contributed by atoms with Gasteiger partial charge in [-0.05, 0) is 67.6 Å². The van der Waals surface area contributed by atoms with E-state index in [4.69, 9.17) is 4.42 Å². The fourth-order valence-corrected chi connectivity index (χ4v) is 5.53. The number of rotatable bonds is 11. The zero-order valence-electron chi connectivity index (χ0n) is 24.1. The van der Waals surface area contributed by atoms with E-state index in [0.29, 0.717) is 31.2 Å². The fraction of sp³-hybridized carbons (Fsp3) is 0.353. The van der Waals surface area contributed by atoms with Crippen molar-refractivity contribution in [1.82, 2.24) is 19.7 Å². The van der Waals surface area contributed by atoms with Crippen LogP contribution >= 0.6 is 0 Å². The Balaban J connectivity index is 1.15. The van der Waals surface area contributed by atoms with Crippen molar-refractivity contribution in [2.24, 2.45) is 0 Å². The number of piperidine rings is 1. The molecule has 214 valence electrons. The third kappa shape index (κ3) is 7.35. The smallest absolute Gasteiger partial charge is 0.287 e. The first-order valence-corrected chi connectivity index (χ1v) is 14.6. The van der Waals surface area contributed by atoms with E-state index < -0.39 is 0 Å². The normalized spacial score (nSPS) is 14.2. The zero-order valence-corrected chi connectivity index (χ0v) is 24.1. The summed E-state index contributed by atoms with van der Waals surface area (Å²) in [5, 5.41) is 3.17. The lowest BCUT2D eigenvalue weighted by Gasteiger charge is -2.32. The van der Waals surface area contributed by atoms with Crippen LogP contribution in [0.15, 0.2) is 89.5 Å². The molecule has 4 aromatic rings. The molecule has 0 radical (unpaired) electrons. The van der Waals surface area contributed by atoms with Gasteiger partial charge in [0.25, 0.3) is 11.8 Å². The monoisotopic (exact) mass is 552 g/mol. The Morgan fingerprint density at radius 1 is 0.927 bits per heavy atom. The van der Waals surface area contributed by atoms with Crippen LogP contribution in [0, 0.1) is 6.92 Å². The molecule has 1 saturated heterocycles. The van der Waals surface area contributed by atoms with Crippen molar-refractivity contribution >= 4 is 11.8 Å². The van der Waals surface area contributed by atoms with E-state index in [-0.39, 0.29) is 17.9 Å². The molecule has 1 N–H and O–H groups in total. The minimum atomic E-state index is -0.163. The summed E-state index contributed by atoms with van der Waals surface area (Å²) >= 11 is 0. The van der Waals surface area contributed by atoms with Gasteiger partial charge in [0.2, 0.25) is 0 Å². The Morgan fingerprint density at radius 2 is 1.68 bits per heavy atom. The first-order chi connectivity index (χ1) is 20.0. The highest BCUT2D eigenvalue weighted by Crippen LogP contribution is 2.18. The summed E-state index contributed by atoms with van der Waals surface area (Å²) in [5.74, 6) is 0.921. The van der Waals surface area contributed by atoms with Crippen molar-refractivity contribution in [1.29, 1.82) is 0 Å². The Morgan fingerprint density at radius 3 is 2.44 bits per heavy atom. The van der Waals surface area contributed by atoms with Gasteiger partial charge in [0.1, 0.15) is 5.76 Å². The van der Waals surface area contributed by atoms with Gasteiger partial charge in [0.05, 0.1) is 13.1 Å². The lowest BCUT2D eigenvalue weighted by Crippen LogP contribution is -2.44. The number of carbonyl (C=O) groups is 2. The Labute approximate surface area is 242 Å². The predicted molar refractivity (Wildman–Crippen MR) is 161 cm³/mol. The molecule has 7 heteroatoms. The second kappa shape index (κ2) is 13.5. The number of furan rings is 1. The Bertz CT molecular complexity index is 1430. The van der Waals surface area contributed by atoms with Crippen LogP contribution in [-0.4, -0.2) is 51.9 Å². The first-order valence-electron chi connectivity index (χ1n) is 14.6. The molecule has 1 aliphatic rings. The van der Waals surface area contributed by atoms with Crippen LogP contribution in [0.4, 0.5) is 0 Å². The summed E-state index contributed by atoms with van der Waals surface area (Å²) in [7, 11) is 0. The number of aryl methyl sites for hydroxylation is 1. The molecule has 0 atom stereocenters. The summed E-state index contributed by atoms with van der Waals surface area (Å²) in [6, 6.07) is 26.0. The third-order valence-corrected chi connectivity index (χ3v) is 7.82. The number of aromatic nitrogens is 1. The number of hydrogen-bond donors (Lipinski definition) is 1. The average Bonchev–Trinajstić information content (AvgIpc) is 3.64. The maximum absolute atomic E-state index is 13.3. The van der Waals surface area contributed by atoms with Crippen LogP contribution in [0.2, 0.25) is 0 Å². The van der Waals surface area contributed by atoms with E-state index >= 15 is 0 Å². The number of hydrogen-bond acceptors (Lipinski definition) is 4. The molecule has 41 heavy (non-hydrogen) atoms. The third-order valence-electron chi connectivity index (χ3n) is 7.82. The molecule has 0 saturated carbocycles. The van der Waals surface area contributed by atoms with E-state index in [1.165, 1.54) is 5.56 Å². The second-order valence-electron chi connectivity index (χ2n) is 10.9. The van der Waals surface area contributed by atoms with Crippen LogP contribution in [0.25, 0.3) is 0 Å². The highest BCUT2D eigenvalue weighted by Gasteiger charge is 2.23. The molecule has 0 bridgehead atoms. The number of likely N-dealkylation sites (tertiary alicyclic amines) is 1. The van der Waals surface area contributed by atoms with Gasteiger partial charge in [-0.3, -0.25) is 14.5 Å². The highest BCUT2D eigenvalue weighted by molar-refractivity contribution is 5.95. The summed E-state index contributed by atoms with van der Waals surface area (Å²) in [4.78, 5) is 30.6. The Kier molecular flexibility index (Phi) is 9.36. The van der Waals surface area contributed by atoms with E-state index in [2.05, 4.69) is 46.0 Å². The zero-order chi connectivity index (χ0) is 28.6. The number of nitrogens with zero attached hydrogens (tertiary/aromatic N) is 3. The number of nitrogens with one attached hydrogen (secondary N) is 1. The van der Waals surface area contributed by atoms with Gasteiger partial charge in [-0.15, -0.1) is 0 Å². The number of amides is 2. The molecule has 0 unspecified atom stereocenters. The van der Waals surface area contributed by atoms with Crippen molar-refractivity contribution in [3.8, 4) is 0 Å². The van der Waals surface area contributed by atoms with Gasteiger partial charge in [-0.2, -0.15) is 0 Å². The molecule has 3 heterocycles. The number of carbonyl (C=O) groups excluding carboxylic acids is 2. The van der Waals surface area contributed by atoms with Crippen LogP contribution in [0.1, 0.15) is 69.7 Å². The molecule has 1 fully saturated rings. The first kappa shape index (κ1) is 28.4. The minimum Gasteiger partial charge on any atom is -0.454 e. The maximum Gasteiger partial charge on any atom is 0.287 e. The molecular formula is C34H40N4O3. The molecule has 0 aliphatic carbocycles. The van der Waals surface area contributed by atoms with Gasteiger partial charge in [-0.25, -0.2) is 0 Å². The van der Waals surface area contributed by atoms with Crippen LogP contribution in [0.5, 0.6) is 0 Å². The van der Waals surface area contributed by atoms with Crippen molar-refractivity contribution in [3.63, 3.8) is 0 Å². The largest absolute Gasteiger partial charge is 0.454 e. The molecule has 2 aromatic heterocycles. The lowest BCUT2D eigenvalue weighted by molar-refractivity contribution is 0.0738. The van der Waals surface area contributed by atoms with Crippen molar-refractivity contribution in [2.45, 2.75) is 58.8 Å². The van der Waals surface area contributed by atoms with Crippen LogP contribution in [-0.2, 0) is 19.6 Å². The summed E-state index contributed by atoms with van der Waals surface area (Å²) in [6.07, 6.45) is 4.72. The second-order valence-corrected chi connectivity index (χ2v) is 10.9. The average molecular weight is 553 g/mol. The molecule has 5 rings (SSSR count). The van der Waals surface area contributed by atoms with E-state index in [0.717, 1.165) is 55.7 Å². The molecular weight excluding hydrogens is 512 g/mol. The van der Waals surface area contributed by atoms with Crippen LogP contribution < -0.4 is 5.32 Å². The van der Waals surface area contributed by atoms with Crippen LogP contribution in [0.3, 0.4) is 0 Å². The molecule has 7 nitrogen and oxygen atoms in total. The van der Waals surface area contributed by atoms with E-state index in [1.54, 1.807) is 6.07 Å². The van der Waals surface area contributed by atoms with E-state index in [9.17, 15) is 9.59 Å². The molecule has 0 spiro atoms. The molecule has 1 aliphatic heterocycles. The quantitative estimate of drug-likeness (QED) is 0.252. The predicted octanol–water partition coefficient (Wildman–Crippen LogP) is 5.88. The van der Waals surface area contributed by atoms with Gasteiger partial charge in [0, 0.05) is 49.7 Å². The molecule has 2 aromatic carbocycles. The Hall–Kier alpha value is -4.10. The SMILES string of the molecule is CCCN(Cc1cccn1Cc1ccc(C(=O)NC2CCN(Cc3ccccc3)CC2)o1)C(=O)c1ccccc1C. The summed E-state index contributed by atoms with van der Waals surface area (Å²) in [6.45, 7) is 8.59. The van der Waals surface area contributed by atoms with Gasteiger partial charge in [-0.1, -0.05) is 55.5 Å². The van der Waals surface area contributed by atoms with Gasteiger partial charge in [0.15, 0.2) is 5.76 Å². The van der Waals surface area contributed by atoms with Gasteiger partial charge < -0.3 is 19.2 Å². The maximum atomic E-state index is 13.3. The summed E-state index contributed by atoms with van der Waals surface area (Å²) in [5.41, 5.74) is 4.06. The minimum absolute atomic E-state index is 0.0422. The topological polar surface area (TPSA) is 70.7 Å². The highest BCUT2D eigenvalue weighted by atomic mass is 16.4. The van der Waals surface area contributed by atoms with Crippen molar-refractivity contribution in [3.05, 3.63) is 119 Å². The van der Waals surface area contributed by atoms with Crippen molar-refractivity contribution < 1.29 is 14.0 Å². The van der Waals surface area contributed by atoms with E-state index in [1.807, 2.05) is 66.6 Å². The standard InChI is InChI=1S/C34H40N4O3/c1-3-19-38(34(40)31-14-8-7-10-26(31)2)24-29-13-9-20-37(29)25-30-15-16-32(41-30)33(39)35-28-17-21-36(22-18-28)23-27-11-5-4-6-12-27/h4-16,20,28H,3,17-19,21-25H2,1-2H3,(H,35,39). The number of benzene rings is 2. The fourth-order valence-electron chi connectivity index (χ4n) is 5.53. The van der Waals surface area contributed by atoms with Gasteiger partial charge >= 0.3 is 0 Å². The van der Waals surface area contributed by atoms with Crippen molar-refractivity contribution in [2.75, 3.05) is 19.6 Å². The molecule has 2 amide bonds. The summed E-state index contributed by atoms with van der Waals surface area (Å²) < 4.78 is 8.06.